The molecule has 2 aromatic rings. The molecule has 1 fully saturated rings. The minimum Gasteiger partial charge on any atom is -0.396 e. The third-order valence-corrected chi connectivity index (χ3v) is 4.78. The van der Waals surface area contributed by atoms with Crippen LogP contribution in [0.15, 0.2) is 18.2 Å². The Morgan fingerprint density at radius 1 is 1.43 bits per heavy atom. The second-order valence-electron chi connectivity index (χ2n) is 5.95. The first-order valence-corrected chi connectivity index (χ1v) is 7.74. The van der Waals surface area contributed by atoms with E-state index in [1.807, 2.05) is 18.2 Å². The van der Waals surface area contributed by atoms with E-state index in [2.05, 4.69) is 16.8 Å². The molecule has 0 saturated carbocycles. The number of nitrogens with one attached hydrogen (secondary N) is 1. The number of likely N-dealkylation sites (tertiary alicyclic amines) is 1. The number of piperidine rings is 1. The molecule has 3 rings (SSSR count). The molecule has 0 unspecified atom stereocenters. The van der Waals surface area contributed by atoms with Crippen LogP contribution in [0.1, 0.15) is 17.7 Å². The highest BCUT2D eigenvalue weighted by molar-refractivity contribution is 6.31. The Morgan fingerprint density at radius 2 is 2.24 bits per heavy atom. The predicted molar refractivity (Wildman–Crippen MR) is 84.5 cm³/mol. The van der Waals surface area contributed by atoms with Gasteiger partial charge in [0, 0.05) is 47.2 Å². The van der Waals surface area contributed by atoms with E-state index in [4.69, 9.17) is 11.6 Å². The monoisotopic (exact) mass is 308 g/mol. The van der Waals surface area contributed by atoms with E-state index in [9.17, 15) is 10.2 Å². The van der Waals surface area contributed by atoms with Gasteiger partial charge >= 0.3 is 0 Å². The molecule has 1 aliphatic rings. The van der Waals surface area contributed by atoms with E-state index in [1.54, 1.807) is 0 Å². The highest BCUT2D eigenvalue weighted by Gasteiger charge is 2.27. The average Bonchev–Trinajstić information content (AvgIpc) is 2.76. The number of aromatic nitrogens is 1. The number of halogens is 1. The summed E-state index contributed by atoms with van der Waals surface area (Å²) in [4.78, 5) is 5.68. The summed E-state index contributed by atoms with van der Waals surface area (Å²) in [5.74, 6) is 0.0175. The van der Waals surface area contributed by atoms with Gasteiger partial charge in [-0.2, -0.15) is 0 Å². The summed E-state index contributed by atoms with van der Waals surface area (Å²) in [7, 11) is 0. The number of benzene rings is 1. The molecule has 1 aromatic heterocycles. The lowest BCUT2D eigenvalue weighted by Gasteiger charge is -2.34. The fourth-order valence-corrected chi connectivity index (χ4v) is 3.31. The number of rotatable bonds is 3. The van der Waals surface area contributed by atoms with Crippen molar-refractivity contribution in [2.24, 2.45) is 5.92 Å². The van der Waals surface area contributed by atoms with Crippen molar-refractivity contribution in [3.63, 3.8) is 0 Å². The van der Waals surface area contributed by atoms with E-state index in [0.717, 1.165) is 35.4 Å². The number of fused-ring (bicyclic) bond motifs is 1. The second-order valence-corrected chi connectivity index (χ2v) is 6.39. The Hall–Kier alpha value is -1.07. The van der Waals surface area contributed by atoms with Crippen molar-refractivity contribution in [3.8, 4) is 0 Å². The fourth-order valence-electron chi connectivity index (χ4n) is 3.14. The highest BCUT2D eigenvalue weighted by Crippen LogP contribution is 2.27. The number of nitrogens with zero attached hydrogens (tertiary/aromatic N) is 1. The Kier molecular flexibility index (Phi) is 4.22. The van der Waals surface area contributed by atoms with Crippen LogP contribution >= 0.6 is 11.6 Å². The molecule has 21 heavy (non-hydrogen) atoms. The van der Waals surface area contributed by atoms with Crippen LogP contribution in [0.5, 0.6) is 0 Å². The standard InChI is InChI=1S/C16H21ClN2O2/c1-10-13-6-12(17)2-3-14(13)18-15(10)7-19-5-4-11(9-20)16(21)8-19/h2-3,6,11,16,18,20-21H,4-5,7-9H2,1H3/t11-,16+/m1/s1. The Labute approximate surface area is 129 Å². The zero-order valence-corrected chi connectivity index (χ0v) is 12.9. The van der Waals surface area contributed by atoms with Gasteiger partial charge in [0.2, 0.25) is 0 Å². The summed E-state index contributed by atoms with van der Waals surface area (Å²) in [5, 5.41) is 21.1. The van der Waals surface area contributed by atoms with Crippen LogP contribution < -0.4 is 0 Å². The van der Waals surface area contributed by atoms with Gasteiger partial charge in [-0.1, -0.05) is 11.6 Å². The molecule has 114 valence electrons. The lowest BCUT2D eigenvalue weighted by atomic mass is 9.94. The molecular formula is C16H21ClN2O2. The van der Waals surface area contributed by atoms with E-state index in [1.165, 1.54) is 11.3 Å². The van der Waals surface area contributed by atoms with Crippen LogP contribution in [0.2, 0.25) is 5.02 Å². The van der Waals surface area contributed by atoms with Gasteiger partial charge in [0.05, 0.1) is 6.10 Å². The van der Waals surface area contributed by atoms with Crippen LogP contribution in [0.4, 0.5) is 0 Å². The minimum atomic E-state index is -0.442. The third kappa shape index (κ3) is 2.94. The Balaban J connectivity index is 1.78. The van der Waals surface area contributed by atoms with E-state index in [0.29, 0.717) is 6.54 Å². The number of β-amino-alcohol motifs (C(OH)–C–C–N with tert-alkyl or cyclic N) is 1. The van der Waals surface area contributed by atoms with Crippen LogP contribution in [0.25, 0.3) is 10.9 Å². The largest absolute Gasteiger partial charge is 0.396 e. The van der Waals surface area contributed by atoms with Gasteiger partial charge in [-0.3, -0.25) is 4.90 Å². The van der Waals surface area contributed by atoms with Gasteiger partial charge in [-0.25, -0.2) is 0 Å². The quantitative estimate of drug-likeness (QED) is 0.815. The van der Waals surface area contributed by atoms with Gasteiger partial charge in [-0.05, 0) is 43.7 Å². The van der Waals surface area contributed by atoms with Gasteiger partial charge in [0.15, 0.2) is 0 Å². The summed E-state index contributed by atoms with van der Waals surface area (Å²) in [5.41, 5.74) is 3.48. The summed E-state index contributed by atoms with van der Waals surface area (Å²) in [6, 6.07) is 5.88. The summed E-state index contributed by atoms with van der Waals surface area (Å²) < 4.78 is 0. The summed E-state index contributed by atoms with van der Waals surface area (Å²) >= 11 is 6.06. The number of aliphatic hydroxyl groups excluding tert-OH is 2. The maximum Gasteiger partial charge on any atom is 0.0717 e. The van der Waals surface area contributed by atoms with Crippen molar-refractivity contribution in [2.45, 2.75) is 26.0 Å². The van der Waals surface area contributed by atoms with Gasteiger partial charge in [0.1, 0.15) is 0 Å². The van der Waals surface area contributed by atoms with E-state index >= 15 is 0 Å². The molecule has 0 aliphatic carbocycles. The molecule has 0 amide bonds. The average molecular weight is 309 g/mol. The first-order valence-electron chi connectivity index (χ1n) is 7.36. The molecule has 5 heteroatoms. The maximum absolute atomic E-state index is 10.0. The lowest BCUT2D eigenvalue weighted by molar-refractivity contribution is -0.00478. The Bertz CT molecular complexity index is 640. The predicted octanol–water partition coefficient (Wildman–Crippen LogP) is 2.30. The number of hydrogen-bond donors (Lipinski definition) is 3. The van der Waals surface area contributed by atoms with E-state index in [-0.39, 0.29) is 12.5 Å². The molecule has 2 atom stereocenters. The number of aromatic amines is 1. The van der Waals surface area contributed by atoms with E-state index < -0.39 is 6.10 Å². The molecule has 1 aromatic carbocycles. The minimum absolute atomic E-state index is 0.0175. The third-order valence-electron chi connectivity index (χ3n) is 4.55. The maximum atomic E-state index is 10.0. The molecule has 3 N–H and O–H groups in total. The second kappa shape index (κ2) is 5.97. The van der Waals surface area contributed by atoms with Crippen LogP contribution in [0, 0.1) is 12.8 Å². The van der Waals surface area contributed by atoms with Crippen molar-refractivity contribution in [2.75, 3.05) is 19.7 Å². The van der Waals surface area contributed by atoms with Crippen molar-refractivity contribution in [1.82, 2.24) is 9.88 Å². The summed E-state index contributed by atoms with van der Waals surface area (Å²) in [6.45, 7) is 4.46. The zero-order valence-electron chi connectivity index (χ0n) is 12.1. The first-order chi connectivity index (χ1) is 10.1. The van der Waals surface area contributed by atoms with Gasteiger partial charge in [0.25, 0.3) is 0 Å². The molecule has 0 bridgehead atoms. The van der Waals surface area contributed by atoms with Crippen LogP contribution in [0.3, 0.4) is 0 Å². The molecule has 2 heterocycles. The fraction of sp³-hybridized carbons (Fsp3) is 0.500. The van der Waals surface area contributed by atoms with Crippen molar-refractivity contribution >= 4 is 22.5 Å². The number of aliphatic hydroxyl groups is 2. The molecule has 1 aliphatic heterocycles. The molecule has 1 saturated heterocycles. The molecular weight excluding hydrogens is 288 g/mol. The number of hydrogen-bond acceptors (Lipinski definition) is 3. The van der Waals surface area contributed by atoms with Crippen molar-refractivity contribution < 1.29 is 10.2 Å². The zero-order chi connectivity index (χ0) is 15.0. The Morgan fingerprint density at radius 3 is 2.95 bits per heavy atom. The summed E-state index contributed by atoms with van der Waals surface area (Å²) in [6.07, 6.45) is 0.394. The SMILES string of the molecule is Cc1c(CN2CC[C@H](CO)[C@@H](O)C2)[nH]c2ccc(Cl)cc12. The van der Waals surface area contributed by atoms with Gasteiger partial charge < -0.3 is 15.2 Å². The van der Waals surface area contributed by atoms with Gasteiger partial charge in [-0.15, -0.1) is 0 Å². The van der Waals surface area contributed by atoms with Crippen LogP contribution in [-0.4, -0.2) is 45.9 Å². The van der Waals surface area contributed by atoms with Crippen LogP contribution in [-0.2, 0) is 6.54 Å². The first kappa shape index (κ1) is 14.9. The highest BCUT2D eigenvalue weighted by atomic mass is 35.5. The topological polar surface area (TPSA) is 59.5 Å². The molecule has 4 nitrogen and oxygen atoms in total. The van der Waals surface area contributed by atoms with Crippen molar-refractivity contribution in [1.29, 1.82) is 0 Å². The normalized spacial score (nSPS) is 23.8. The molecule has 0 spiro atoms. The smallest absolute Gasteiger partial charge is 0.0717 e. The number of aryl methyl sites for hydroxylation is 1. The molecule has 0 radical (unpaired) electrons. The lowest BCUT2D eigenvalue weighted by Crippen LogP contribution is -2.44. The number of H-pyrrole nitrogens is 1. The van der Waals surface area contributed by atoms with Crippen molar-refractivity contribution in [3.05, 3.63) is 34.5 Å².